The molecule has 2 rings (SSSR count). The van der Waals surface area contributed by atoms with E-state index in [0.717, 1.165) is 18.7 Å². The van der Waals surface area contributed by atoms with E-state index in [0.29, 0.717) is 6.61 Å². The predicted molar refractivity (Wildman–Crippen MR) is 53.5 cm³/mol. The van der Waals surface area contributed by atoms with Crippen molar-refractivity contribution in [3.05, 3.63) is 28.3 Å². The highest BCUT2D eigenvalue weighted by molar-refractivity contribution is 5.60. The van der Waals surface area contributed by atoms with Gasteiger partial charge in [0.2, 0.25) is 0 Å². The third kappa shape index (κ3) is 1.22. The summed E-state index contributed by atoms with van der Waals surface area (Å²) in [7, 11) is 0. The molecular formula is C11H15NO. The number of nitrogen functional groups attached to an aromatic ring is 1. The van der Waals surface area contributed by atoms with Crippen molar-refractivity contribution in [3.8, 4) is 0 Å². The van der Waals surface area contributed by atoms with E-state index in [2.05, 4.69) is 19.9 Å². The topological polar surface area (TPSA) is 35.2 Å². The summed E-state index contributed by atoms with van der Waals surface area (Å²) in [6, 6.07) is 2.18. The van der Waals surface area contributed by atoms with E-state index >= 15 is 0 Å². The molecule has 0 spiro atoms. The molecule has 1 aliphatic rings. The first kappa shape index (κ1) is 8.57. The Balaban J connectivity index is 2.62. The van der Waals surface area contributed by atoms with Gasteiger partial charge in [-0.3, -0.25) is 0 Å². The minimum absolute atomic E-state index is 0.690. The fourth-order valence-electron chi connectivity index (χ4n) is 1.93. The van der Waals surface area contributed by atoms with Gasteiger partial charge in [-0.05, 0) is 30.0 Å². The summed E-state index contributed by atoms with van der Waals surface area (Å²) >= 11 is 0. The lowest BCUT2D eigenvalue weighted by Gasteiger charge is -2.10. The molecule has 0 fully saturated rings. The van der Waals surface area contributed by atoms with E-state index in [9.17, 15) is 0 Å². The summed E-state index contributed by atoms with van der Waals surface area (Å²) in [5, 5.41) is 0. The summed E-state index contributed by atoms with van der Waals surface area (Å²) in [6.07, 6.45) is 1.000. The van der Waals surface area contributed by atoms with Gasteiger partial charge in [0.15, 0.2) is 0 Å². The molecule has 70 valence electrons. The Hall–Kier alpha value is -1.02. The van der Waals surface area contributed by atoms with E-state index in [1.54, 1.807) is 0 Å². The molecule has 0 saturated carbocycles. The molecule has 2 N–H and O–H groups in total. The quantitative estimate of drug-likeness (QED) is 0.667. The van der Waals surface area contributed by atoms with Gasteiger partial charge in [-0.2, -0.15) is 0 Å². The van der Waals surface area contributed by atoms with E-state index in [1.165, 1.54) is 22.3 Å². The highest BCUT2D eigenvalue weighted by Gasteiger charge is 2.18. The van der Waals surface area contributed by atoms with Crippen molar-refractivity contribution in [3.63, 3.8) is 0 Å². The van der Waals surface area contributed by atoms with Crippen LogP contribution in [0.2, 0.25) is 0 Å². The smallest absolute Gasteiger partial charge is 0.0745 e. The maximum Gasteiger partial charge on any atom is 0.0745 e. The zero-order chi connectivity index (χ0) is 9.42. The maximum absolute atomic E-state index is 6.03. The maximum atomic E-state index is 6.03. The highest BCUT2D eigenvalue weighted by Crippen LogP contribution is 2.31. The summed E-state index contributed by atoms with van der Waals surface area (Å²) in [5.41, 5.74) is 12.1. The average molecular weight is 177 g/mol. The van der Waals surface area contributed by atoms with Gasteiger partial charge >= 0.3 is 0 Å². The summed E-state index contributed by atoms with van der Waals surface area (Å²) in [5.74, 6) is 0. The first-order valence-corrected chi connectivity index (χ1v) is 4.71. The van der Waals surface area contributed by atoms with Crippen molar-refractivity contribution in [2.24, 2.45) is 0 Å². The van der Waals surface area contributed by atoms with Crippen molar-refractivity contribution in [1.82, 2.24) is 0 Å². The molecule has 0 aliphatic carbocycles. The van der Waals surface area contributed by atoms with Gasteiger partial charge in [-0.1, -0.05) is 13.0 Å². The van der Waals surface area contributed by atoms with Gasteiger partial charge < -0.3 is 10.5 Å². The van der Waals surface area contributed by atoms with Crippen LogP contribution in [0, 0.1) is 6.92 Å². The third-order valence-electron chi connectivity index (χ3n) is 2.78. The molecule has 2 heteroatoms. The van der Waals surface area contributed by atoms with Crippen LogP contribution in [0.3, 0.4) is 0 Å². The lowest BCUT2D eigenvalue weighted by atomic mass is 9.97. The molecule has 2 nitrogen and oxygen atoms in total. The lowest BCUT2D eigenvalue weighted by molar-refractivity contribution is 0.134. The minimum Gasteiger partial charge on any atom is -0.398 e. The number of aryl methyl sites for hydroxylation is 2. The molecular weight excluding hydrogens is 162 g/mol. The molecule has 13 heavy (non-hydrogen) atoms. The van der Waals surface area contributed by atoms with Gasteiger partial charge in [0.25, 0.3) is 0 Å². The second kappa shape index (κ2) is 3.04. The van der Waals surface area contributed by atoms with Gasteiger partial charge in [0.05, 0.1) is 13.2 Å². The molecule has 1 aliphatic heterocycles. The Labute approximate surface area is 78.7 Å². The molecule has 0 bridgehead atoms. The van der Waals surface area contributed by atoms with Crippen LogP contribution in [0.25, 0.3) is 0 Å². The molecule has 0 radical (unpaired) electrons. The first-order chi connectivity index (χ1) is 6.24. The molecule has 0 amide bonds. The molecule has 1 aromatic carbocycles. The van der Waals surface area contributed by atoms with Crippen LogP contribution < -0.4 is 5.73 Å². The third-order valence-corrected chi connectivity index (χ3v) is 2.78. The second-order valence-electron chi connectivity index (χ2n) is 3.57. The van der Waals surface area contributed by atoms with E-state index in [4.69, 9.17) is 10.5 Å². The Morgan fingerprint density at radius 3 is 2.77 bits per heavy atom. The SMILES string of the molecule is CCc1cc(C)c2c(c1N)COC2. The second-order valence-corrected chi connectivity index (χ2v) is 3.57. The van der Waals surface area contributed by atoms with Crippen LogP contribution in [0.5, 0.6) is 0 Å². The molecule has 1 aromatic rings. The Bertz CT molecular complexity index is 344. The number of anilines is 1. The fourth-order valence-corrected chi connectivity index (χ4v) is 1.93. The number of fused-ring (bicyclic) bond motifs is 1. The van der Waals surface area contributed by atoms with Crippen LogP contribution >= 0.6 is 0 Å². The first-order valence-electron chi connectivity index (χ1n) is 4.71. The number of rotatable bonds is 1. The molecule has 1 heterocycles. The molecule has 0 aromatic heterocycles. The largest absolute Gasteiger partial charge is 0.398 e. The number of hydrogen-bond donors (Lipinski definition) is 1. The van der Waals surface area contributed by atoms with Crippen molar-refractivity contribution in [2.45, 2.75) is 33.5 Å². The van der Waals surface area contributed by atoms with Gasteiger partial charge in [0.1, 0.15) is 0 Å². The van der Waals surface area contributed by atoms with Gasteiger partial charge in [0, 0.05) is 11.3 Å². The molecule has 0 saturated heterocycles. The number of benzene rings is 1. The van der Waals surface area contributed by atoms with E-state index < -0.39 is 0 Å². The number of hydrogen-bond acceptors (Lipinski definition) is 2. The van der Waals surface area contributed by atoms with Crippen LogP contribution in [-0.4, -0.2) is 0 Å². The Morgan fingerprint density at radius 2 is 2.08 bits per heavy atom. The predicted octanol–water partition coefficient (Wildman–Crippen LogP) is 2.17. The minimum atomic E-state index is 0.690. The number of nitrogens with two attached hydrogens (primary N) is 1. The monoisotopic (exact) mass is 177 g/mol. The highest BCUT2D eigenvalue weighted by atomic mass is 16.5. The average Bonchev–Trinajstić information content (AvgIpc) is 2.60. The number of ether oxygens (including phenoxy) is 1. The molecule has 0 atom stereocenters. The summed E-state index contributed by atoms with van der Waals surface area (Å²) in [6.45, 7) is 5.69. The van der Waals surface area contributed by atoms with Crippen molar-refractivity contribution >= 4 is 5.69 Å². The van der Waals surface area contributed by atoms with Crippen LogP contribution in [0.1, 0.15) is 29.2 Å². The fraction of sp³-hybridized carbons (Fsp3) is 0.455. The standard InChI is InChI=1S/C11H15NO/c1-3-8-4-7(2)9-5-13-6-10(9)11(8)12/h4H,3,5-6,12H2,1-2H3. The molecule has 0 unspecified atom stereocenters. The van der Waals surface area contributed by atoms with Crippen LogP contribution in [0.4, 0.5) is 5.69 Å². The van der Waals surface area contributed by atoms with Crippen molar-refractivity contribution < 1.29 is 4.74 Å². The van der Waals surface area contributed by atoms with Crippen LogP contribution in [0.15, 0.2) is 6.07 Å². The van der Waals surface area contributed by atoms with E-state index in [-0.39, 0.29) is 0 Å². The zero-order valence-corrected chi connectivity index (χ0v) is 8.18. The zero-order valence-electron chi connectivity index (χ0n) is 8.18. The normalized spacial score (nSPS) is 14.6. The van der Waals surface area contributed by atoms with Crippen molar-refractivity contribution in [1.29, 1.82) is 0 Å². The summed E-state index contributed by atoms with van der Waals surface area (Å²) in [4.78, 5) is 0. The lowest BCUT2D eigenvalue weighted by Crippen LogP contribution is -2.01. The summed E-state index contributed by atoms with van der Waals surface area (Å²) < 4.78 is 5.40. The Morgan fingerprint density at radius 1 is 1.38 bits per heavy atom. The van der Waals surface area contributed by atoms with E-state index in [1.807, 2.05) is 0 Å². The Kier molecular flexibility index (Phi) is 2.00. The van der Waals surface area contributed by atoms with Gasteiger partial charge in [-0.15, -0.1) is 0 Å². The van der Waals surface area contributed by atoms with Crippen molar-refractivity contribution in [2.75, 3.05) is 5.73 Å². The van der Waals surface area contributed by atoms with Crippen LogP contribution in [-0.2, 0) is 24.4 Å². The van der Waals surface area contributed by atoms with Gasteiger partial charge in [-0.25, -0.2) is 0 Å².